The van der Waals surface area contributed by atoms with Gasteiger partial charge in [0.1, 0.15) is 22.6 Å². The fraction of sp³-hybridized carbons (Fsp3) is 0.421. The zero-order valence-electron chi connectivity index (χ0n) is 16.4. The molecule has 0 radical (unpaired) electrons. The van der Waals surface area contributed by atoms with Gasteiger partial charge in [-0.3, -0.25) is 9.36 Å². The van der Waals surface area contributed by atoms with Crippen molar-refractivity contribution in [1.82, 2.24) is 4.57 Å². The van der Waals surface area contributed by atoms with E-state index in [-0.39, 0.29) is 11.2 Å². The highest BCUT2D eigenvalue weighted by atomic mass is 35.5. The largest absolute Gasteiger partial charge is 0.337 e. The highest BCUT2D eigenvalue weighted by Crippen LogP contribution is 2.27. The van der Waals surface area contributed by atoms with E-state index < -0.39 is 16.8 Å². The van der Waals surface area contributed by atoms with E-state index in [1.54, 1.807) is 39.1 Å². The minimum atomic E-state index is -1.35. The molecule has 1 aromatic carbocycles. The van der Waals surface area contributed by atoms with Crippen molar-refractivity contribution in [2.24, 2.45) is 7.05 Å². The first-order valence-electron chi connectivity index (χ1n) is 8.78. The van der Waals surface area contributed by atoms with Gasteiger partial charge in [0, 0.05) is 24.2 Å². The summed E-state index contributed by atoms with van der Waals surface area (Å²) >= 11 is 5.63. The van der Waals surface area contributed by atoms with Crippen LogP contribution in [0.25, 0.3) is 0 Å². The molecule has 1 heterocycles. The Morgan fingerprint density at radius 2 is 1.85 bits per heavy atom. The van der Waals surface area contributed by atoms with Crippen molar-refractivity contribution < 1.29 is 8.60 Å². The topological polar surface area (TPSA) is 63.1 Å². The smallest absolute Gasteiger partial charge is 0.254 e. The van der Waals surface area contributed by atoms with E-state index in [1.165, 1.54) is 10.6 Å². The van der Waals surface area contributed by atoms with Crippen LogP contribution in [0.15, 0.2) is 29.1 Å². The lowest BCUT2D eigenvalue weighted by atomic mass is 10.2. The summed E-state index contributed by atoms with van der Waals surface area (Å²) in [4.78, 5) is 12.2. The molecule has 0 fully saturated rings. The second kappa shape index (κ2) is 11.1. The number of halogens is 2. The van der Waals surface area contributed by atoms with Gasteiger partial charge >= 0.3 is 0 Å². The molecular formula is C19H27ClFN3O2S. The predicted molar refractivity (Wildman–Crippen MR) is 114 cm³/mol. The molecule has 5 nitrogen and oxygen atoms in total. The Morgan fingerprint density at radius 3 is 2.44 bits per heavy atom. The summed E-state index contributed by atoms with van der Waals surface area (Å²) in [6.07, 6.45) is 0.598. The van der Waals surface area contributed by atoms with Crippen LogP contribution in [0, 0.1) is 19.7 Å². The summed E-state index contributed by atoms with van der Waals surface area (Å²) in [5.74, 6) is 0.711. The van der Waals surface area contributed by atoms with E-state index in [4.69, 9.17) is 11.6 Å². The standard InChI is InChI=1S/C17H21ClFN3O2S.C2H6/c1-11-5-6-14(13(19)9-11)20-16-15(21-25(24)8-4-7-18)10-12(2)17(23)22(16)3;1-2/h5-6,9-10,20-21H,4,7-8H2,1-3H3;1-2H3. The third-order valence-corrected chi connectivity index (χ3v) is 5.03. The van der Waals surface area contributed by atoms with Crippen LogP contribution in [-0.2, 0) is 18.0 Å². The second-order valence-corrected chi connectivity index (χ2v) is 7.44. The molecule has 2 rings (SSSR count). The fourth-order valence-corrected chi connectivity index (χ4v) is 3.53. The maximum Gasteiger partial charge on any atom is 0.254 e. The Balaban J connectivity index is 0.00000176. The summed E-state index contributed by atoms with van der Waals surface area (Å²) in [5.41, 5.74) is 1.77. The summed E-state index contributed by atoms with van der Waals surface area (Å²) in [7, 11) is 0.225. The zero-order valence-corrected chi connectivity index (χ0v) is 17.9. The first-order chi connectivity index (χ1) is 12.8. The third-order valence-electron chi connectivity index (χ3n) is 3.66. The molecule has 8 heteroatoms. The summed E-state index contributed by atoms with van der Waals surface area (Å²) in [5, 5.41) is 2.93. The maximum atomic E-state index is 14.2. The van der Waals surface area contributed by atoms with Gasteiger partial charge < -0.3 is 10.0 Å². The number of aryl methyl sites for hydroxylation is 2. The number of hydrogen-bond donors (Lipinski definition) is 2. The van der Waals surface area contributed by atoms with Gasteiger partial charge in [-0.15, -0.1) is 11.6 Å². The molecule has 1 aromatic heterocycles. The Morgan fingerprint density at radius 1 is 1.19 bits per heavy atom. The van der Waals surface area contributed by atoms with E-state index in [0.29, 0.717) is 35.1 Å². The maximum absolute atomic E-state index is 14.2. The molecule has 2 N–H and O–H groups in total. The van der Waals surface area contributed by atoms with E-state index in [0.717, 1.165) is 5.56 Å². The first-order valence-corrected chi connectivity index (χ1v) is 10.6. The number of nitrogens with one attached hydrogen (secondary N) is 2. The highest BCUT2D eigenvalue weighted by Gasteiger charge is 2.14. The average Bonchev–Trinajstić information content (AvgIpc) is 2.64. The molecule has 0 bridgehead atoms. The molecule has 0 aliphatic rings. The van der Waals surface area contributed by atoms with Crippen LogP contribution >= 0.6 is 11.6 Å². The van der Waals surface area contributed by atoms with Crippen LogP contribution in [0.3, 0.4) is 0 Å². The number of aromatic nitrogens is 1. The van der Waals surface area contributed by atoms with Crippen molar-refractivity contribution >= 4 is 39.8 Å². The molecule has 0 saturated heterocycles. The van der Waals surface area contributed by atoms with Gasteiger partial charge in [0.15, 0.2) is 0 Å². The number of alkyl halides is 1. The Kier molecular flexibility index (Phi) is 9.52. The molecule has 0 spiro atoms. The monoisotopic (exact) mass is 415 g/mol. The SMILES string of the molecule is CC.Cc1ccc(Nc2c(NS(=O)CCCCl)cc(C)c(=O)n2C)c(F)c1. The Labute approximate surface area is 167 Å². The van der Waals surface area contributed by atoms with Gasteiger partial charge in [0.05, 0.1) is 11.4 Å². The second-order valence-electron chi connectivity index (χ2n) is 5.76. The van der Waals surface area contributed by atoms with Gasteiger partial charge in [-0.2, -0.15) is 0 Å². The van der Waals surface area contributed by atoms with Gasteiger partial charge in [-0.05, 0) is 44.0 Å². The van der Waals surface area contributed by atoms with Crippen LogP contribution in [0.1, 0.15) is 31.4 Å². The van der Waals surface area contributed by atoms with Crippen molar-refractivity contribution in [1.29, 1.82) is 0 Å². The van der Waals surface area contributed by atoms with Crippen LogP contribution in [0.5, 0.6) is 0 Å². The number of nitrogens with zero attached hydrogens (tertiary/aromatic N) is 1. The minimum Gasteiger partial charge on any atom is -0.337 e. The predicted octanol–water partition coefficient (Wildman–Crippen LogP) is 4.62. The van der Waals surface area contributed by atoms with Gasteiger partial charge in [0.2, 0.25) is 0 Å². The molecule has 1 atom stereocenters. The van der Waals surface area contributed by atoms with Crippen molar-refractivity contribution in [2.45, 2.75) is 34.1 Å². The third kappa shape index (κ3) is 6.36. The molecule has 2 aromatic rings. The molecule has 1 unspecified atom stereocenters. The van der Waals surface area contributed by atoms with Crippen molar-refractivity contribution in [3.8, 4) is 0 Å². The van der Waals surface area contributed by atoms with Crippen molar-refractivity contribution in [3.63, 3.8) is 0 Å². The number of benzene rings is 1. The summed E-state index contributed by atoms with van der Waals surface area (Å²) in [6, 6.07) is 6.38. The average molecular weight is 416 g/mol. The van der Waals surface area contributed by atoms with Crippen LogP contribution < -0.4 is 15.6 Å². The Bertz CT molecular complexity index is 856. The normalized spacial score (nSPS) is 11.4. The first kappa shape index (κ1) is 23.2. The van der Waals surface area contributed by atoms with E-state index in [1.807, 2.05) is 13.8 Å². The van der Waals surface area contributed by atoms with E-state index in [2.05, 4.69) is 10.0 Å². The molecule has 150 valence electrons. The number of pyridine rings is 1. The summed E-state index contributed by atoms with van der Waals surface area (Å²) < 4.78 is 30.6. The lowest BCUT2D eigenvalue weighted by Gasteiger charge is -2.18. The van der Waals surface area contributed by atoms with Gasteiger partial charge in [0.25, 0.3) is 5.56 Å². The van der Waals surface area contributed by atoms with Crippen LogP contribution in [0.4, 0.5) is 21.6 Å². The number of rotatable bonds is 7. The highest BCUT2D eigenvalue weighted by molar-refractivity contribution is 7.86. The van der Waals surface area contributed by atoms with Crippen LogP contribution in [0.2, 0.25) is 0 Å². The molecule has 0 amide bonds. The molecule has 0 aliphatic carbocycles. The van der Waals surface area contributed by atoms with Gasteiger partial charge in [-0.1, -0.05) is 19.9 Å². The van der Waals surface area contributed by atoms with Crippen molar-refractivity contribution in [3.05, 3.63) is 51.6 Å². The Hall–Kier alpha value is -1.86. The quantitative estimate of drug-likeness (QED) is 0.649. The zero-order chi connectivity index (χ0) is 20.6. The lowest BCUT2D eigenvalue weighted by Crippen LogP contribution is -2.24. The lowest BCUT2D eigenvalue weighted by molar-refractivity contribution is 0.630. The molecular weight excluding hydrogens is 389 g/mol. The van der Waals surface area contributed by atoms with Gasteiger partial charge in [-0.25, -0.2) is 8.60 Å². The van der Waals surface area contributed by atoms with Crippen LogP contribution in [-0.4, -0.2) is 20.4 Å². The van der Waals surface area contributed by atoms with E-state index in [9.17, 15) is 13.4 Å². The van der Waals surface area contributed by atoms with E-state index >= 15 is 0 Å². The molecule has 27 heavy (non-hydrogen) atoms. The van der Waals surface area contributed by atoms with Crippen molar-refractivity contribution in [2.75, 3.05) is 21.7 Å². The number of hydrogen-bond acceptors (Lipinski definition) is 3. The molecule has 0 aliphatic heterocycles. The fourth-order valence-electron chi connectivity index (χ4n) is 2.33. The number of anilines is 3. The minimum absolute atomic E-state index is 0.216. The summed E-state index contributed by atoms with van der Waals surface area (Å²) in [6.45, 7) is 7.47. The molecule has 0 saturated carbocycles.